The molecular weight excluding hydrogens is 231 g/mol. The first-order valence-electron chi connectivity index (χ1n) is 6.49. The largest absolute Gasteiger partial charge is 0.344 e. The second kappa shape index (κ2) is 3.91. The van der Waals surface area contributed by atoms with Crippen molar-refractivity contribution >= 4 is 7.92 Å². The van der Waals surface area contributed by atoms with E-state index in [-0.39, 0.29) is 13.7 Å². The van der Waals surface area contributed by atoms with Crippen LogP contribution in [0.25, 0.3) is 0 Å². The molecule has 17 heavy (non-hydrogen) atoms. The monoisotopic (exact) mass is 252 g/mol. The molecule has 0 aromatic carbocycles. The van der Waals surface area contributed by atoms with Crippen molar-refractivity contribution in [2.75, 3.05) is 0 Å². The molecule has 0 amide bonds. The highest BCUT2D eigenvalue weighted by Crippen LogP contribution is 2.65. The standard InChI is InChI=1S/C14H21O2P/c1-9-12-13(16-14(3,4)15-12)10(2)17(9)11-7-5-6-8-11/h5-7,9-10,12-13H,8H2,1-4H3. The molecule has 4 atom stereocenters. The fourth-order valence-electron chi connectivity index (χ4n) is 3.40. The van der Waals surface area contributed by atoms with Crippen LogP contribution in [0.4, 0.5) is 0 Å². The molecule has 3 heteroatoms. The lowest BCUT2D eigenvalue weighted by molar-refractivity contribution is -0.147. The zero-order valence-electron chi connectivity index (χ0n) is 11.0. The van der Waals surface area contributed by atoms with Crippen molar-refractivity contribution in [3.8, 4) is 0 Å². The van der Waals surface area contributed by atoms with E-state index in [1.165, 1.54) is 0 Å². The summed E-state index contributed by atoms with van der Waals surface area (Å²) in [4.78, 5) is 0. The summed E-state index contributed by atoms with van der Waals surface area (Å²) in [5.41, 5.74) is 1.25. The quantitative estimate of drug-likeness (QED) is 0.663. The van der Waals surface area contributed by atoms with Gasteiger partial charge in [0.25, 0.3) is 0 Å². The predicted octanol–water partition coefficient (Wildman–Crippen LogP) is 3.62. The number of hydrogen-bond acceptors (Lipinski definition) is 2. The molecule has 4 unspecified atom stereocenters. The summed E-state index contributed by atoms with van der Waals surface area (Å²) >= 11 is 0. The van der Waals surface area contributed by atoms with Crippen LogP contribution in [-0.2, 0) is 9.47 Å². The molecule has 0 aromatic rings. The Morgan fingerprint density at radius 2 is 1.76 bits per heavy atom. The molecule has 3 rings (SSSR count). The first-order valence-corrected chi connectivity index (χ1v) is 7.97. The van der Waals surface area contributed by atoms with Crippen molar-refractivity contribution in [2.45, 2.75) is 63.4 Å². The van der Waals surface area contributed by atoms with Gasteiger partial charge in [-0.15, -0.1) is 0 Å². The van der Waals surface area contributed by atoms with Crippen LogP contribution in [0.5, 0.6) is 0 Å². The number of hydrogen-bond donors (Lipinski definition) is 0. The summed E-state index contributed by atoms with van der Waals surface area (Å²) in [6.07, 6.45) is 8.50. The Morgan fingerprint density at radius 3 is 2.24 bits per heavy atom. The lowest BCUT2D eigenvalue weighted by Crippen LogP contribution is -2.27. The van der Waals surface area contributed by atoms with E-state index in [4.69, 9.17) is 9.47 Å². The average molecular weight is 252 g/mol. The molecule has 94 valence electrons. The van der Waals surface area contributed by atoms with Crippen LogP contribution in [0.1, 0.15) is 34.1 Å². The van der Waals surface area contributed by atoms with Crippen LogP contribution in [0, 0.1) is 0 Å². The van der Waals surface area contributed by atoms with Gasteiger partial charge in [-0.2, -0.15) is 0 Å². The van der Waals surface area contributed by atoms with Gasteiger partial charge in [0.2, 0.25) is 0 Å². The molecule has 2 nitrogen and oxygen atoms in total. The van der Waals surface area contributed by atoms with Gasteiger partial charge >= 0.3 is 0 Å². The maximum Gasteiger partial charge on any atom is 0.163 e. The second-order valence-electron chi connectivity index (χ2n) is 5.74. The predicted molar refractivity (Wildman–Crippen MR) is 71.5 cm³/mol. The summed E-state index contributed by atoms with van der Waals surface area (Å²) in [6, 6.07) is 0. The molecule has 2 saturated heterocycles. The van der Waals surface area contributed by atoms with E-state index in [2.05, 4.69) is 32.1 Å². The highest BCUT2D eigenvalue weighted by atomic mass is 31.1. The third kappa shape index (κ3) is 1.82. The van der Waals surface area contributed by atoms with E-state index in [0.717, 1.165) is 6.42 Å². The van der Waals surface area contributed by atoms with Crippen molar-refractivity contribution in [1.82, 2.24) is 0 Å². The van der Waals surface area contributed by atoms with E-state index in [0.29, 0.717) is 23.5 Å². The summed E-state index contributed by atoms with van der Waals surface area (Å²) < 4.78 is 12.2. The van der Waals surface area contributed by atoms with Gasteiger partial charge in [0.1, 0.15) is 0 Å². The zero-order chi connectivity index (χ0) is 12.2. The topological polar surface area (TPSA) is 18.5 Å². The summed E-state index contributed by atoms with van der Waals surface area (Å²) in [5, 5.41) is 1.62. The van der Waals surface area contributed by atoms with Gasteiger partial charge in [0, 0.05) is 11.3 Å². The molecule has 2 aliphatic heterocycles. The normalized spacial score (nSPS) is 47.3. The summed E-state index contributed by atoms with van der Waals surface area (Å²) in [6.45, 7) is 8.75. The van der Waals surface area contributed by atoms with Crippen molar-refractivity contribution < 1.29 is 9.47 Å². The van der Waals surface area contributed by atoms with Crippen LogP contribution in [-0.4, -0.2) is 29.3 Å². The Bertz CT molecular complexity index is 366. The molecule has 0 radical (unpaired) electrons. The Labute approximate surface area is 105 Å². The van der Waals surface area contributed by atoms with Gasteiger partial charge in [-0.25, -0.2) is 0 Å². The van der Waals surface area contributed by atoms with Gasteiger partial charge in [-0.1, -0.05) is 40.0 Å². The Kier molecular flexibility index (Phi) is 2.74. The van der Waals surface area contributed by atoms with Crippen LogP contribution in [0.2, 0.25) is 0 Å². The van der Waals surface area contributed by atoms with Crippen LogP contribution in [0.15, 0.2) is 23.5 Å². The Balaban J connectivity index is 1.83. The molecule has 2 heterocycles. The van der Waals surface area contributed by atoms with Crippen molar-refractivity contribution in [3.63, 3.8) is 0 Å². The average Bonchev–Trinajstić information content (AvgIpc) is 2.88. The molecule has 1 aliphatic carbocycles. The smallest absolute Gasteiger partial charge is 0.163 e. The minimum atomic E-state index is -0.387. The van der Waals surface area contributed by atoms with Crippen molar-refractivity contribution in [2.24, 2.45) is 0 Å². The van der Waals surface area contributed by atoms with E-state index in [1.54, 1.807) is 5.31 Å². The number of ether oxygens (including phenoxy) is 2. The highest BCUT2D eigenvalue weighted by Gasteiger charge is 2.55. The van der Waals surface area contributed by atoms with E-state index in [9.17, 15) is 0 Å². The van der Waals surface area contributed by atoms with Crippen molar-refractivity contribution in [3.05, 3.63) is 23.5 Å². The third-order valence-corrected chi connectivity index (χ3v) is 7.41. The first-order chi connectivity index (χ1) is 7.99. The van der Waals surface area contributed by atoms with Gasteiger partial charge in [0.15, 0.2) is 5.79 Å². The van der Waals surface area contributed by atoms with Gasteiger partial charge in [-0.3, -0.25) is 0 Å². The third-order valence-electron chi connectivity index (χ3n) is 4.08. The SMILES string of the molecule is CC1C2OC(C)(C)OC2C(C)P1C1=CC=CC1. The summed E-state index contributed by atoms with van der Waals surface area (Å²) in [7, 11) is -0.0947. The number of fused-ring (bicyclic) bond motifs is 1. The maximum atomic E-state index is 6.09. The van der Waals surface area contributed by atoms with Gasteiger partial charge in [-0.05, 0) is 25.6 Å². The minimum Gasteiger partial charge on any atom is -0.344 e. The fourth-order valence-corrected chi connectivity index (χ4v) is 6.86. The van der Waals surface area contributed by atoms with Gasteiger partial charge in [0.05, 0.1) is 12.2 Å². The van der Waals surface area contributed by atoms with Crippen LogP contribution >= 0.6 is 7.92 Å². The van der Waals surface area contributed by atoms with Gasteiger partial charge < -0.3 is 9.47 Å². The number of allylic oxidation sites excluding steroid dienone is 4. The van der Waals surface area contributed by atoms with Crippen LogP contribution in [0.3, 0.4) is 0 Å². The zero-order valence-corrected chi connectivity index (χ0v) is 11.9. The minimum absolute atomic E-state index is 0.0947. The molecule has 0 bridgehead atoms. The van der Waals surface area contributed by atoms with E-state index < -0.39 is 0 Å². The molecule has 0 N–H and O–H groups in total. The van der Waals surface area contributed by atoms with E-state index >= 15 is 0 Å². The molecular formula is C14H21O2P. The second-order valence-corrected chi connectivity index (χ2v) is 8.76. The lowest BCUT2D eigenvalue weighted by atomic mass is 10.1. The highest BCUT2D eigenvalue weighted by molar-refractivity contribution is 7.64. The fraction of sp³-hybridized carbons (Fsp3) is 0.714. The Hall–Kier alpha value is -0.170. The molecule has 0 aromatic heterocycles. The summed E-state index contributed by atoms with van der Waals surface area (Å²) in [5.74, 6) is -0.387. The molecule has 0 spiro atoms. The van der Waals surface area contributed by atoms with Crippen LogP contribution < -0.4 is 0 Å². The maximum absolute atomic E-state index is 6.09. The Morgan fingerprint density at radius 1 is 1.18 bits per heavy atom. The molecule has 3 aliphatic rings. The number of rotatable bonds is 1. The molecule has 2 fully saturated rings. The van der Waals surface area contributed by atoms with Crippen molar-refractivity contribution in [1.29, 1.82) is 0 Å². The lowest BCUT2D eigenvalue weighted by Gasteiger charge is -2.28. The first kappa shape index (κ1) is 11.9. The molecule has 0 saturated carbocycles. The van der Waals surface area contributed by atoms with E-state index in [1.807, 2.05) is 13.8 Å².